The van der Waals surface area contributed by atoms with Gasteiger partial charge in [0.1, 0.15) is 5.66 Å². The van der Waals surface area contributed by atoms with Gasteiger partial charge >= 0.3 is 58.2 Å². The molecule has 6 nitrogen and oxygen atoms in total. The molecule has 0 unspecified atom stereocenters. The molecule has 0 atom stereocenters. The summed E-state index contributed by atoms with van der Waals surface area (Å²) in [6.45, 7) is 6.30. The summed E-state index contributed by atoms with van der Waals surface area (Å²) in [6, 6.07) is 22.3. The molecule has 0 saturated heterocycles. The smallest absolute Gasteiger partial charge is 0.363 e. The Kier molecular flexibility index (Phi) is 7.77. The van der Waals surface area contributed by atoms with E-state index in [1.807, 2.05) is 72.8 Å². The van der Waals surface area contributed by atoms with Crippen molar-refractivity contribution in [3.63, 3.8) is 0 Å². The zero-order chi connectivity index (χ0) is 25.4. The van der Waals surface area contributed by atoms with Crippen molar-refractivity contribution in [3.05, 3.63) is 109 Å². The molecule has 0 bridgehead atoms. The molecule has 0 aromatic heterocycles. The topological polar surface area (TPSA) is 73.5 Å². The van der Waals surface area contributed by atoms with Crippen LogP contribution in [0.1, 0.15) is 20.8 Å². The van der Waals surface area contributed by atoms with Crippen molar-refractivity contribution < 1.29 is 58.2 Å². The first-order valence-corrected chi connectivity index (χ1v) is 12.3. The molecule has 0 amide bonds. The van der Waals surface area contributed by atoms with Gasteiger partial charge in [0, 0.05) is 38.6 Å². The van der Waals surface area contributed by atoms with Gasteiger partial charge in [-0.15, -0.1) is 22.4 Å². The van der Waals surface area contributed by atoms with Gasteiger partial charge in [-0.25, -0.2) is 0 Å². The summed E-state index contributed by atoms with van der Waals surface area (Å²) in [6.07, 6.45) is 9.99. The summed E-state index contributed by atoms with van der Waals surface area (Å²) in [7, 11) is 0. The van der Waals surface area contributed by atoms with E-state index in [1.165, 1.54) is 5.92 Å². The van der Waals surface area contributed by atoms with Crippen LogP contribution in [0.5, 0.6) is 0 Å². The van der Waals surface area contributed by atoms with Gasteiger partial charge in [-0.1, -0.05) is 43.3 Å². The van der Waals surface area contributed by atoms with E-state index in [-0.39, 0.29) is 63.9 Å². The standard InChI is InChI=1S/C31H27N6.Rb/c1-20-8-6-9-21(15-14-20)34-35-25-16-17-26(23-11-5-4-10-22(23)25)36-37-27-18-19-29-30-24(27)12-7-13-28(30)32-31(2,3)33-29;/h4-19,32-33H,1-3H3;/q-1;+1. The van der Waals surface area contributed by atoms with Crippen molar-refractivity contribution in [1.29, 1.82) is 0 Å². The summed E-state index contributed by atoms with van der Waals surface area (Å²) in [4.78, 5) is 0. The fourth-order valence-corrected chi connectivity index (χ4v) is 4.75. The summed E-state index contributed by atoms with van der Waals surface area (Å²) in [5, 5.41) is 29.6. The minimum Gasteiger partial charge on any atom is -0.363 e. The Morgan fingerprint density at radius 3 is 1.95 bits per heavy atom. The number of azo groups is 2. The minimum absolute atomic E-state index is 0. The molecule has 2 aliphatic rings. The van der Waals surface area contributed by atoms with Crippen LogP contribution in [0.2, 0.25) is 0 Å². The van der Waals surface area contributed by atoms with Gasteiger partial charge in [0.2, 0.25) is 0 Å². The third kappa shape index (κ3) is 5.45. The van der Waals surface area contributed by atoms with Gasteiger partial charge in [-0.2, -0.15) is 34.4 Å². The molecule has 1 aliphatic carbocycles. The Hall–Kier alpha value is -2.90. The van der Waals surface area contributed by atoms with Gasteiger partial charge in [0.05, 0.1) is 17.1 Å². The van der Waals surface area contributed by atoms with E-state index in [0.717, 1.165) is 55.7 Å². The predicted octanol–water partition coefficient (Wildman–Crippen LogP) is 6.67. The van der Waals surface area contributed by atoms with Crippen LogP contribution >= 0.6 is 0 Å². The van der Waals surface area contributed by atoms with Crippen molar-refractivity contribution in [3.8, 4) is 0 Å². The van der Waals surface area contributed by atoms with Crippen LogP contribution in [0.3, 0.4) is 0 Å². The number of benzene rings is 4. The third-order valence-corrected chi connectivity index (χ3v) is 6.47. The largest absolute Gasteiger partial charge is 1.00 e. The van der Waals surface area contributed by atoms with Crippen molar-refractivity contribution in [2.24, 2.45) is 20.5 Å². The summed E-state index contributed by atoms with van der Waals surface area (Å²) in [5.74, 6) is 1.17. The molecule has 1 aliphatic heterocycles. The molecule has 0 radical (unpaired) electrons. The number of hydrogen-bond acceptors (Lipinski definition) is 6. The third-order valence-electron chi connectivity index (χ3n) is 6.47. The van der Waals surface area contributed by atoms with Crippen LogP contribution in [-0.2, 0) is 0 Å². The number of allylic oxidation sites excluding steroid dienone is 5. The van der Waals surface area contributed by atoms with Crippen LogP contribution in [0.15, 0.2) is 123 Å². The number of fused-ring (bicyclic) bond motifs is 1. The first-order chi connectivity index (χ1) is 18.0. The Morgan fingerprint density at radius 2 is 1.24 bits per heavy atom. The van der Waals surface area contributed by atoms with Gasteiger partial charge in [-0.05, 0) is 44.2 Å². The Bertz CT molecular complexity index is 1660. The number of rotatable bonds is 4. The van der Waals surface area contributed by atoms with Crippen LogP contribution < -0.4 is 68.8 Å². The fourth-order valence-electron chi connectivity index (χ4n) is 4.75. The molecule has 182 valence electrons. The van der Waals surface area contributed by atoms with Crippen LogP contribution in [0.4, 0.5) is 28.4 Å². The van der Waals surface area contributed by atoms with Crippen LogP contribution in [0, 0.1) is 5.92 Å². The summed E-state index contributed by atoms with van der Waals surface area (Å²) >= 11 is 0. The first-order valence-electron chi connectivity index (χ1n) is 12.3. The van der Waals surface area contributed by atoms with Crippen LogP contribution in [-0.4, -0.2) is 5.66 Å². The van der Waals surface area contributed by atoms with Crippen LogP contribution in [0.25, 0.3) is 21.5 Å². The molecule has 6 rings (SSSR count). The molecule has 2 N–H and O–H groups in total. The Labute approximate surface area is 271 Å². The van der Waals surface area contributed by atoms with E-state index >= 15 is 0 Å². The Morgan fingerprint density at radius 1 is 0.658 bits per heavy atom. The Balaban J connectivity index is 0.00000294. The van der Waals surface area contributed by atoms with E-state index in [9.17, 15) is 0 Å². The average Bonchev–Trinajstić information content (AvgIpc) is 3.10. The van der Waals surface area contributed by atoms with Crippen molar-refractivity contribution in [2.45, 2.75) is 26.4 Å². The molecular weight excluding hydrogens is 542 g/mol. The summed E-state index contributed by atoms with van der Waals surface area (Å²) in [5.41, 5.74) is 5.17. The number of nitrogens with zero attached hydrogens (tertiary/aromatic N) is 4. The molecule has 0 spiro atoms. The molecule has 0 saturated carbocycles. The second kappa shape index (κ2) is 11.1. The van der Waals surface area contributed by atoms with E-state index in [1.54, 1.807) is 0 Å². The van der Waals surface area contributed by atoms with E-state index in [4.69, 9.17) is 0 Å². The molecule has 38 heavy (non-hydrogen) atoms. The van der Waals surface area contributed by atoms with Crippen molar-refractivity contribution in [1.82, 2.24) is 0 Å². The second-order valence-electron chi connectivity index (χ2n) is 9.81. The fraction of sp³-hybridized carbons (Fsp3) is 0.129. The maximum absolute atomic E-state index is 4.69. The average molecular weight is 569 g/mol. The molecular formula is C31H27N6Rb. The molecule has 4 aromatic rings. The van der Waals surface area contributed by atoms with Crippen molar-refractivity contribution in [2.75, 3.05) is 10.6 Å². The number of hydrogen-bond donors (Lipinski definition) is 2. The zero-order valence-corrected chi connectivity index (χ0v) is 26.9. The van der Waals surface area contributed by atoms with E-state index in [2.05, 4.69) is 76.1 Å². The zero-order valence-electron chi connectivity index (χ0n) is 22.0. The maximum Gasteiger partial charge on any atom is 1.00 e. The van der Waals surface area contributed by atoms with Crippen molar-refractivity contribution >= 4 is 50.0 Å². The van der Waals surface area contributed by atoms with E-state index in [0.29, 0.717) is 0 Å². The van der Waals surface area contributed by atoms with Gasteiger partial charge in [-0.3, -0.25) is 0 Å². The van der Waals surface area contributed by atoms with Gasteiger partial charge in [0.15, 0.2) is 0 Å². The quantitative estimate of drug-likeness (QED) is 0.213. The second-order valence-corrected chi connectivity index (χ2v) is 9.81. The summed E-state index contributed by atoms with van der Waals surface area (Å²) < 4.78 is 0. The molecule has 0 fully saturated rings. The normalized spacial score (nSPS) is 15.9. The molecule has 1 heterocycles. The molecule has 7 heteroatoms. The van der Waals surface area contributed by atoms with Gasteiger partial charge in [0.25, 0.3) is 0 Å². The number of nitrogens with one attached hydrogen (secondary N) is 2. The maximum atomic E-state index is 4.69. The number of anilines is 2. The predicted molar refractivity (Wildman–Crippen MR) is 153 cm³/mol. The van der Waals surface area contributed by atoms with Gasteiger partial charge < -0.3 is 10.6 Å². The minimum atomic E-state index is -0.223. The first kappa shape index (κ1) is 26.7. The van der Waals surface area contributed by atoms with E-state index < -0.39 is 0 Å². The monoisotopic (exact) mass is 568 g/mol. The SMILES string of the molecule is C[C-]1C=CC=C(N=Nc2ccc(N=Nc3ccc4c5c(cccc35)NC(C)(C)N4)c3ccccc23)C=C1.[Rb+]. The molecule has 4 aromatic carbocycles.